The zero-order valence-electron chi connectivity index (χ0n) is 33.3. The Balaban J connectivity index is 0.000000624. The largest absolute Gasteiger partial charge is 0.391 e. The van der Waals surface area contributed by atoms with E-state index in [0.29, 0.717) is 30.9 Å². The van der Waals surface area contributed by atoms with Crippen LogP contribution in [-0.2, 0) is 16.6 Å². The number of benzene rings is 2. The number of piperidine rings is 1. The van der Waals surface area contributed by atoms with Gasteiger partial charge in [0.15, 0.2) is 0 Å². The van der Waals surface area contributed by atoms with E-state index in [1.54, 1.807) is 17.2 Å². The van der Waals surface area contributed by atoms with Gasteiger partial charge in [-0.3, -0.25) is 9.59 Å². The lowest BCUT2D eigenvalue weighted by Gasteiger charge is -2.39. The van der Waals surface area contributed by atoms with Gasteiger partial charge >= 0.3 is 0 Å². The van der Waals surface area contributed by atoms with Crippen LogP contribution >= 0.6 is 0 Å². The average Bonchev–Trinajstić information content (AvgIpc) is 3.88. The number of carbonyl (C=O) groups excluding carboxylic acids is 2. The fraction of sp³-hybridized carbons (Fsp3) is 0.455. The molecular formula is C44H62N8O2. The monoisotopic (exact) mass is 734 g/mol. The number of hydrogen-bond acceptors (Lipinski definition) is 7. The molecule has 5 rings (SSSR count). The number of carbonyl (C=O) groups is 2. The van der Waals surface area contributed by atoms with Crippen LogP contribution in [0.2, 0.25) is 0 Å². The third-order valence-electron chi connectivity index (χ3n) is 10.4. The van der Waals surface area contributed by atoms with Gasteiger partial charge < -0.3 is 32.4 Å². The summed E-state index contributed by atoms with van der Waals surface area (Å²) in [6.07, 6.45) is 12.4. The first kappa shape index (κ1) is 43.3. The molecule has 5 unspecified atom stereocenters. The maximum absolute atomic E-state index is 13.5. The van der Waals surface area contributed by atoms with Crippen LogP contribution in [-0.4, -0.2) is 54.3 Å². The minimum atomic E-state index is -0.974. The van der Waals surface area contributed by atoms with Crippen LogP contribution in [0.1, 0.15) is 105 Å². The molecule has 1 saturated heterocycles. The molecule has 0 aromatic heterocycles. The molecule has 5 atom stereocenters. The van der Waals surface area contributed by atoms with Crippen molar-refractivity contribution in [2.75, 3.05) is 19.6 Å². The first-order valence-corrected chi connectivity index (χ1v) is 19.2. The van der Waals surface area contributed by atoms with E-state index in [-0.39, 0.29) is 42.3 Å². The van der Waals surface area contributed by atoms with Crippen molar-refractivity contribution in [1.82, 2.24) is 20.9 Å². The highest BCUT2D eigenvalue weighted by atomic mass is 16.2. The molecule has 2 amide bonds. The Morgan fingerprint density at radius 3 is 2.41 bits per heavy atom. The third kappa shape index (κ3) is 10.7. The van der Waals surface area contributed by atoms with E-state index in [1.807, 2.05) is 51.1 Å². The Morgan fingerprint density at radius 1 is 1.15 bits per heavy atom. The Morgan fingerprint density at radius 2 is 1.85 bits per heavy atom. The fourth-order valence-electron chi connectivity index (χ4n) is 7.21. The predicted molar refractivity (Wildman–Crippen MR) is 221 cm³/mol. The van der Waals surface area contributed by atoms with Crippen molar-refractivity contribution < 1.29 is 9.59 Å². The van der Waals surface area contributed by atoms with Crippen molar-refractivity contribution in [2.24, 2.45) is 22.6 Å². The number of nitrogens with two attached hydrogens (primary N) is 2. The van der Waals surface area contributed by atoms with Gasteiger partial charge in [-0.15, -0.1) is 0 Å². The van der Waals surface area contributed by atoms with Gasteiger partial charge in [0.2, 0.25) is 5.91 Å². The van der Waals surface area contributed by atoms with Crippen molar-refractivity contribution >= 4 is 17.6 Å². The van der Waals surface area contributed by atoms with E-state index >= 15 is 0 Å². The van der Waals surface area contributed by atoms with E-state index in [4.69, 9.17) is 11.6 Å². The summed E-state index contributed by atoms with van der Waals surface area (Å²) in [6, 6.07) is 15.7. The second-order valence-electron chi connectivity index (χ2n) is 14.4. The maximum atomic E-state index is 13.5. The maximum Gasteiger partial charge on any atom is 0.251 e. The lowest BCUT2D eigenvalue weighted by Crippen LogP contribution is -2.48. The Labute approximate surface area is 323 Å². The number of nitriles is 1. The third-order valence-corrected chi connectivity index (χ3v) is 10.4. The minimum Gasteiger partial charge on any atom is -0.391 e. The molecule has 10 nitrogen and oxygen atoms in total. The molecule has 2 aromatic carbocycles. The van der Waals surface area contributed by atoms with Crippen molar-refractivity contribution in [3.8, 4) is 6.07 Å². The van der Waals surface area contributed by atoms with Crippen molar-refractivity contribution in [3.63, 3.8) is 0 Å². The van der Waals surface area contributed by atoms with E-state index in [0.717, 1.165) is 53.6 Å². The molecule has 0 bridgehead atoms. The van der Waals surface area contributed by atoms with Crippen molar-refractivity contribution in [1.29, 1.82) is 5.26 Å². The van der Waals surface area contributed by atoms with Crippen LogP contribution in [0.3, 0.4) is 0 Å². The van der Waals surface area contributed by atoms with E-state index in [1.165, 1.54) is 12.0 Å². The van der Waals surface area contributed by atoms with Crippen LogP contribution in [0.25, 0.3) is 0 Å². The van der Waals surface area contributed by atoms with E-state index < -0.39 is 5.41 Å². The first-order valence-electron chi connectivity index (χ1n) is 19.2. The number of hydrogen-bond donors (Lipinski definition) is 5. The van der Waals surface area contributed by atoms with Crippen molar-refractivity contribution in [3.05, 3.63) is 119 Å². The molecule has 0 spiro atoms. The highest BCUT2D eigenvalue weighted by molar-refractivity contribution is 5.98. The Kier molecular flexibility index (Phi) is 16.8. The molecule has 1 heterocycles. The SMILES string of the molecule is C=CC1=CCCc2cc(C(=O)NCC)ccc2C1(CC(NCC(=O)N1C(C#N)CC2CC21)c1ccc(C)cc1)/C(N)=N/N.C=CNCCC.CC=C(C)C. The van der Waals surface area contributed by atoms with Crippen LogP contribution in [0, 0.1) is 24.2 Å². The highest BCUT2D eigenvalue weighted by Crippen LogP contribution is 2.48. The molecule has 1 aliphatic heterocycles. The van der Waals surface area contributed by atoms with E-state index in [2.05, 4.69) is 85.3 Å². The van der Waals surface area contributed by atoms with Gasteiger partial charge in [-0.1, -0.05) is 79.8 Å². The normalized spacial score (nSPS) is 21.4. The average molecular weight is 735 g/mol. The van der Waals surface area contributed by atoms with Crippen LogP contribution in [0.4, 0.5) is 0 Å². The first-order chi connectivity index (χ1) is 25.9. The minimum absolute atomic E-state index is 0.0736. The zero-order chi connectivity index (χ0) is 39.8. The number of amides is 2. The smallest absolute Gasteiger partial charge is 0.251 e. The molecule has 2 aromatic rings. The number of aryl methyl sites for hydroxylation is 2. The number of hydrazone groups is 1. The van der Waals surface area contributed by atoms with Gasteiger partial charge in [0, 0.05) is 30.7 Å². The summed E-state index contributed by atoms with van der Waals surface area (Å²) in [5, 5.41) is 23.1. The summed E-state index contributed by atoms with van der Waals surface area (Å²) < 4.78 is 0. The van der Waals surface area contributed by atoms with Gasteiger partial charge in [0.25, 0.3) is 5.91 Å². The van der Waals surface area contributed by atoms with Crippen LogP contribution < -0.4 is 27.5 Å². The standard InChI is InChI=1S/C34H41N7O2.C5H11N.C5H10/c1-4-26-8-6-7-23-15-24(32(43)38-5-2)13-14-28(23)34(26,33(36)40-37)18-29(22-11-9-21(3)10-12-22)39-20-31(42)41-27(19-35)16-25-17-30(25)41;1-3-5-6-4-2;1-4-5(2)3/h4,8-15,25,27,29-30,39H,1,5-7,16-18,20,37H2,2-3H3,(H2,36,40)(H,38,43);4,6H,2-3,5H2,1H3;4H,1-3H3. The molecule has 54 heavy (non-hydrogen) atoms. The zero-order valence-corrected chi connectivity index (χ0v) is 33.3. The molecule has 10 heteroatoms. The predicted octanol–water partition coefficient (Wildman–Crippen LogP) is 6.61. The Hall–Kier alpha value is -5.14. The Bertz CT molecular complexity index is 1730. The number of nitrogens with one attached hydrogen (secondary N) is 3. The number of likely N-dealkylation sites (tertiary alicyclic amines) is 1. The van der Waals surface area contributed by atoms with Crippen molar-refractivity contribution in [2.45, 2.75) is 104 Å². The van der Waals surface area contributed by atoms with Gasteiger partial charge in [0.05, 0.1) is 18.0 Å². The molecular weight excluding hydrogens is 673 g/mol. The number of amidine groups is 1. The molecule has 2 fully saturated rings. The topological polar surface area (TPSA) is 162 Å². The van der Waals surface area contributed by atoms with E-state index in [9.17, 15) is 14.9 Å². The van der Waals surface area contributed by atoms with Gasteiger partial charge in [0.1, 0.15) is 11.9 Å². The van der Waals surface area contributed by atoms with Crippen LogP contribution in [0.5, 0.6) is 0 Å². The molecule has 290 valence electrons. The summed E-state index contributed by atoms with van der Waals surface area (Å²) >= 11 is 0. The summed E-state index contributed by atoms with van der Waals surface area (Å²) in [5.74, 6) is 6.41. The number of rotatable bonds is 13. The number of nitrogens with zero attached hydrogens (tertiary/aromatic N) is 3. The second-order valence-corrected chi connectivity index (χ2v) is 14.4. The summed E-state index contributed by atoms with van der Waals surface area (Å²) in [4.78, 5) is 28.0. The highest BCUT2D eigenvalue weighted by Gasteiger charge is 2.54. The molecule has 3 aliphatic rings. The summed E-state index contributed by atoms with van der Waals surface area (Å²) in [7, 11) is 0. The lowest BCUT2D eigenvalue weighted by atomic mass is 9.67. The number of allylic oxidation sites excluding steroid dienone is 4. The van der Waals surface area contributed by atoms with Crippen LogP contribution in [0.15, 0.2) is 96.3 Å². The fourth-order valence-corrected chi connectivity index (χ4v) is 7.21. The molecule has 7 N–H and O–H groups in total. The second kappa shape index (κ2) is 20.9. The summed E-state index contributed by atoms with van der Waals surface area (Å²) in [6.45, 7) is 21.5. The van der Waals surface area contributed by atoms with Gasteiger partial charge in [-0.25, -0.2) is 0 Å². The number of fused-ring (bicyclic) bond motifs is 2. The molecule has 0 radical (unpaired) electrons. The molecule has 2 aliphatic carbocycles. The summed E-state index contributed by atoms with van der Waals surface area (Å²) in [5.41, 5.74) is 12.6. The lowest BCUT2D eigenvalue weighted by molar-refractivity contribution is -0.131. The van der Waals surface area contributed by atoms with Gasteiger partial charge in [-0.05, 0) is 120 Å². The quantitative estimate of drug-likeness (QED) is 0.0387. The van der Waals surface area contributed by atoms with Gasteiger partial charge in [-0.2, -0.15) is 10.4 Å². The molecule has 1 saturated carbocycles.